The van der Waals surface area contributed by atoms with Gasteiger partial charge in [-0.15, -0.1) is 0 Å². The number of nitrogens with zero attached hydrogens (tertiary/aromatic N) is 3. The molecular weight excluding hydrogens is 466 g/mol. The number of pyridine rings is 1. The number of carbonyl (C=O) groups is 2. The predicted molar refractivity (Wildman–Crippen MR) is 143 cm³/mol. The molecule has 37 heavy (non-hydrogen) atoms. The van der Waals surface area contributed by atoms with Crippen molar-refractivity contribution in [3.05, 3.63) is 101 Å². The molecule has 1 amide bonds. The minimum absolute atomic E-state index is 0.0820. The van der Waals surface area contributed by atoms with Crippen LogP contribution in [0.15, 0.2) is 78.6 Å². The van der Waals surface area contributed by atoms with Crippen molar-refractivity contribution in [2.45, 2.75) is 33.4 Å². The topological polar surface area (TPSA) is 83.0 Å². The van der Waals surface area contributed by atoms with Crippen molar-refractivity contribution in [3.8, 4) is 5.75 Å². The van der Waals surface area contributed by atoms with E-state index in [9.17, 15) is 14.7 Å². The predicted octanol–water partition coefficient (Wildman–Crippen LogP) is 4.73. The summed E-state index contributed by atoms with van der Waals surface area (Å²) in [5.74, 6) is -0.830. The number of hydrogen-bond acceptors (Lipinski definition) is 6. The Morgan fingerprint density at radius 3 is 2.46 bits per heavy atom. The number of aromatic nitrogens is 1. The standard InChI is InChI=1S/C30H33N3O4/c1-4-32(5-2)16-17-33-27(23-12-9-15-31-19-23)26(29(35)30(33)36)28(34)25-14-13-24(18-21(25)3)37-20-22-10-7-6-8-11-22/h6-15,18-19,27,34H,4-5,16-17,20H2,1-3H3/b28-26+. The van der Waals surface area contributed by atoms with Crippen LogP contribution in [0.5, 0.6) is 5.75 Å². The first-order chi connectivity index (χ1) is 17.9. The normalized spacial score (nSPS) is 17.0. The Hall–Kier alpha value is -3.97. The van der Waals surface area contributed by atoms with E-state index in [4.69, 9.17) is 4.74 Å². The maximum atomic E-state index is 13.3. The van der Waals surface area contributed by atoms with Gasteiger partial charge in [0.15, 0.2) is 0 Å². The molecule has 2 aromatic carbocycles. The van der Waals surface area contributed by atoms with Gasteiger partial charge >= 0.3 is 0 Å². The molecule has 4 rings (SSSR count). The number of amides is 1. The molecule has 1 fully saturated rings. The SMILES string of the molecule is CCN(CC)CCN1C(=O)C(=O)/C(=C(/O)c2ccc(OCc3ccccc3)cc2C)C1c1cccnc1. The third-order valence-corrected chi connectivity index (χ3v) is 6.79. The zero-order valence-corrected chi connectivity index (χ0v) is 21.6. The molecule has 1 aliphatic heterocycles. The van der Waals surface area contributed by atoms with E-state index in [1.165, 1.54) is 0 Å². The smallest absolute Gasteiger partial charge is 0.295 e. The fraction of sp³-hybridized carbons (Fsp3) is 0.300. The van der Waals surface area contributed by atoms with E-state index in [1.807, 2.05) is 49.4 Å². The summed E-state index contributed by atoms with van der Waals surface area (Å²) in [5.41, 5.74) is 3.04. The first kappa shape index (κ1) is 26.1. The van der Waals surface area contributed by atoms with Gasteiger partial charge in [-0.1, -0.05) is 50.2 Å². The number of benzene rings is 2. The Balaban J connectivity index is 1.67. The lowest BCUT2D eigenvalue weighted by Gasteiger charge is -2.28. The fourth-order valence-corrected chi connectivity index (χ4v) is 4.66. The molecule has 1 N–H and O–H groups in total. The van der Waals surface area contributed by atoms with Crippen LogP contribution in [0, 0.1) is 6.92 Å². The molecule has 0 bridgehead atoms. The van der Waals surface area contributed by atoms with Gasteiger partial charge in [-0.3, -0.25) is 14.6 Å². The Kier molecular flexibility index (Phi) is 8.36. The number of Topliss-reactive ketones (excluding diaryl/α,β-unsaturated/α-hetero) is 1. The average Bonchev–Trinajstić information content (AvgIpc) is 3.18. The molecule has 7 heteroatoms. The Morgan fingerprint density at radius 2 is 1.81 bits per heavy atom. The van der Waals surface area contributed by atoms with Crippen LogP contribution in [0.3, 0.4) is 0 Å². The van der Waals surface area contributed by atoms with Crippen LogP contribution in [0.25, 0.3) is 5.76 Å². The average molecular weight is 500 g/mol. The molecule has 2 heterocycles. The number of ketones is 1. The van der Waals surface area contributed by atoms with Crippen molar-refractivity contribution >= 4 is 17.4 Å². The van der Waals surface area contributed by atoms with E-state index in [2.05, 4.69) is 23.7 Å². The second kappa shape index (κ2) is 11.8. The van der Waals surface area contributed by atoms with E-state index in [0.29, 0.717) is 36.6 Å². The lowest BCUT2D eigenvalue weighted by atomic mass is 9.94. The molecule has 1 aromatic heterocycles. The van der Waals surface area contributed by atoms with Crippen molar-refractivity contribution < 1.29 is 19.4 Å². The summed E-state index contributed by atoms with van der Waals surface area (Å²) in [6.45, 7) is 9.07. The van der Waals surface area contributed by atoms with Gasteiger partial charge < -0.3 is 19.6 Å². The van der Waals surface area contributed by atoms with E-state index in [1.54, 1.807) is 35.5 Å². The van der Waals surface area contributed by atoms with Crippen LogP contribution >= 0.6 is 0 Å². The van der Waals surface area contributed by atoms with Gasteiger partial charge in [-0.05, 0) is 61.0 Å². The zero-order chi connectivity index (χ0) is 26.4. The quantitative estimate of drug-likeness (QED) is 0.247. The lowest BCUT2D eigenvalue weighted by Crippen LogP contribution is -2.38. The van der Waals surface area contributed by atoms with E-state index < -0.39 is 17.7 Å². The second-order valence-corrected chi connectivity index (χ2v) is 9.06. The van der Waals surface area contributed by atoms with Crippen LogP contribution in [0.1, 0.15) is 42.1 Å². The van der Waals surface area contributed by atoms with Crippen LogP contribution < -0.4 is 4.74 Å². The molecule has 0 radical (unpaired) electrons. The summed E-state index contributed by atoms with van der Waals surface area (Å²) in [5, 5.41) is 11.4. The van der Waals surface area contributed by atoms with E-state index in [-0.39, 0.29) is 11.3 Å². The molecule has 7 nitrogen and oxygen atoms in total. The highest BCUT2D eigenvalue weighted by molar-refractivity contribution is 6.46. The van der Waals surface area contributed by atoms with Gasteiger partial charge in [-0.25, -0.2) is 0 Å². The number of hydrogen-bond donors (Lipinski definition) is 1. The molecule has 0 spiro atoms. The highest BCUT2D eigenvalue weighted by Crippen LogP contribution is 2.39. The van der Waals surface area contributed by atoms with Gasteiger partial charge in [0.05, 0.1) is 11.6 Å². The maximum absolute atomic E-state index is 13.3. The van der Waals surface area contributed by atoms with E-state index >= 15 is 0 Å². The highest BCUT2D eigenvalue weighted by Gasteiger charge is 2.46. The number of ether oxygens (including phenoxy) is 1. The second-order valence-electron chi connectivity index (χ2n) is 9.06. The number of carbonyl (C=O) groups excluding carboxylic acids is 2. The summed E-state index contributed by atoms with van der Waals surface area (Å²) in [6, 6.07) is 18.1. The first-order valence-electron chi connectivity index (χ1n) is 12.6. The van der Waals surface area contributed by atoms with Gasteiger partial charge in [0.2, 0.25) is 0 Å². The van der Waals surface area contributed by atoms with Crippen molar-refractivity contribution in [1.82, 2.24) is 14.8 Å². The lowest BCUT2D eigenvalue weighted by molar-refractivity contribution is -0.140. The molecule has 1 saturated heterocycles. The van der Waals surface area contributed by atoms with Crippen LogP contribution in [-0.4, -0.2) is 57.8 Å². The summed E-state index contributed by atoms with van der Waals surface area (Å²) in [6.07, 6.45) is 3.28. The van der Waals surface area contributed by atoms with Crippen molar-refractivity contribution in [2.75, 3.05) is 26.2 Å². The molecule has 192 valence electrons. The number of aliphatic hydroxyl groups excluding tert-OH is 1. The molecule has 0 saturated carbocycles. The first-order valence-corrected chi connectivity index (χ1v) is 12.6. The molecule has 1 atom stereocenters. The van der Waals surface area contributed by atoms with Crippen LogP contribution in [-0.2, 0) is 16.2 Å². The largest absolute Gasteiger partial charge is 0.507 e. The van der Waals surface area contributed by atoms with Gasteiger partial charge in [0.25, 0.3) is 11.7 Å². The maximum Gasteiger partial charge on any atom is 0.295 e. The van der Waals surface area contributed by atoms with Gasteiger partial charge in [-0.2, -0.15) is 0 Å². The third kappa shape index (κ3) is 5.73. The van der Waals surface area contributed by atoms with Crippen LogP contribution in [0.4, 0.5) is 0 Å². The van der Waals surface area contributed by atoms with E-state index in [0.717, 1.165) is 24.2 Å². The fourth-order valence-electron chi connectivity index (χ4n) is 4.66. The summed E-state index contributed by atoms with van der Waals surface area (Å²) in [7, 11) is 0. The van der Waals surface area contributed by atoms with Gasteiger partial charge in [0, 0.05) is 31.0 Å². The third-order valence-electron chi connectivity index (χ3n) is 6.79. The van der Waals surface area contributed by atoms with Crippen molar-refractivity contribution in [2.24, 2.45) is 0 Å². The Morgan fingerprint density at radius 1 is 1.05 bits per heavy atom. The molecule has 0 aliphatic carbocycles. The van der Waals surface area contributed by atoms with Crippen LogP contribution in [0.2, 0.25) is 0 Å². The Labute approximate surface area is 218 Å². The summed E-state index contributed by atoms with van der Waals surface area (Å²) >= 11 is 0. The van der Waals surface area contributed by atoms with Crippen molar-refractivity contribution in [3.63, 3.8) is 0 Å². The summed E-state index contributed by atoms with van der Waals surface area (Å²) < 4.78 is 5.91. The Bertz CT molecular complexity index is 1270. The number of aryl methyl sites for hydroxylation is 1. The monoisotopic (exact) mass is 499 g/mol. The number of aliphatic hydroxyl groups is 1. The summed E-state index contributed by atoms with van der Waals surface area (Å²) in [4.78, 5) is 34.4. The minimum atomic E-state index is -0.710. The molecular formula is C30H33N3O4. The number of rotatable bonds is 10. The number of likely N-dealkylation sites (N-methyl/N-ethyl adjacent to an activating group) is 1. The molecule has 1 aliphatic rings. The molecule has 3 aromatic rings. The minimum Gasteiger partial charge on any atom is -0.507 e. The number of likely N-dealkylation sites (tertiary alicyclic amines) is 1. The molecule has 1 unspecified atom stereocenters. The highest BCUT2D eigenvalue weighted by atomic mass is 16.5. The van der Waals surface area contributed by atoms with Crippen molar-refractivity contribution in [1.29, 1.82) is 0 Å². The van der Waals surface area contributed by atoms with Gasteiger partial charge in [0.1, 0.15) is 18.1 Å². The zero-order valence-electron chi connectivity index (χ0n) is 21.6.